The van der Waals surface area contributed by atoms with Gasteiger partial charge in [0.15, 0.2) is 5.82 Å². The molecule has 5 rings (SSSR count). The van der Waals surface area contributed by atoms with Gasteiger partial charge >= 0.3 is 0 Å². The molecule has 1 saturated heterocycles. The zero-order valence-electron chi connectivity index (χ0n) is 15.4. The maximum Gasteiger partial charge on any atom is 0.233 e. The maximum atomic E-state index is 13.1. The molecule has 0 radical (unpaired) electrons. The Morgan fingerprint density at radius 1 is 1.21 bits per heavy atom. The first-order valence-corrected chi connectivity index (χ1v) is 9.56. The van der Waals surface area contributed by atoms with E-state index in [2.05, 4.69) is 37.3 Å². The van der Waals surface area contributed by atoms with E-state index >= 15 is 0 Å². The molecule has 9 heteroatoms. The molecule has 142 valence electrons. The highest BCUT2D eigenvalue weighted by atomic mass is 35.5. The zero-order chi connectivity index (χ0) is 19.4. The van der Waals surface area contributed by atoms with Gasteiger partial charge in [0.2, 0.25) is 11.9 Å². The number of carbonyl (C=O) groups is 1. The van der Waals surface area contributed by atoms with E-state index in [1.165, 1.54) is 0 Å². The van der Waals surface area contributed by atoms with Gasteiger partial charge in [0.05, 0.1) is 12.4 Å². The normalized spacial score (nSPS) is 25.8. The van der Waals surface area contributed by atoms with E-state index in [1.807, 2.05) is 13.0 Å². The van der Waals surface area contributed by atoms with Crippen LogP contribution >= 0.6 is 11.6 Å². The van der Waals surface area contributed by atoms with E-state index in [9.17, 15) is 4.79 Å². The third-order valence-electron chi connectivity index (χ3n) is 5.83. The molecule has 4 atom stereocenters. The molecule has 0 bridgehead atoms. The van der Waals surface area contributed by atoms with E-state index in [1.54, 1.807) is 29.6 Å². The highest BCUT2D eigenvalue weighted by Gasteiger charge is 2.64. The standard InChI is InChI=1S/C19H18ClN7O/c1-9-6-22-23-8-13(9)17-24-19(26-25-17)27-16-10(2)15(16)12(18(27)28)5-11-3-4-14(20)21-7-11/h3-4,6-8,10,12,15-16H,5H2,1-2H3,(H,24,25,26)/t10-,12+,15-,16-/m0/s1. The van der Waals surface area contributed by atoms with Gasteiger partial charge in [-0.1, -0.05) is 24.6 Å². The number of hydrogen-bond donors (Lipinski definition) is 1. The van der Waals surface area contributed by atoms with Gasteiger partial charge in [-0.2, -0.15) is 20.3 Å². The number of aryl methyl sites for hydroxylation is 1. The summed E-state index contributed by atoms with van der Waals surface area (Å²) in [7, 11) is 0. The predicted molar refractivity (Wildman–Crippen MR) is 103 cm³/mol. The van der Waals surface area contributed by atoms with Crippen molar-refractivity contribution in [1.29, 1.82) is 0 Å². The van der Waals surface area contributed by atoms with Gasteiger partial charge in [-0.25, -0.2) is 10.1 Å². The van der Waals surface area contributed by atoms with E-state index in [-0.39, 0.29) is 17.9 Å². The number of nitrogens with one attached hydrogen (secondary N) is 1. The Balaban J connectivity index is 1.42. The van der Waals surface area contributed by atoms with Gasteiger partial charge in [0, 0.05) is 23.7 Å². The minimum Gasteiger partial charge on any atom is -0.277 e. The van der Waals surface area contributed by atoms with E-state index < -0.39 is 0 Å². The van der Waals surface area contributed by atoms with Crippen LogP contribution in [0.25, 0.3) is 11.4 Å². The molecular formula is C19H18ClN7O. The molecule has 0 unspecified atom stereocenters. The van der Waals surface area contributed by atoms with Crippen molar-refractivity contribution in [3.63, 3.8) is 0 Å². The number of carbonyl (C=O) groups excluding carboxylic acids is 1. The molecule has 8 nitrogen and oxygen atoms in total. The largest absolute Gasteiger partial charge is 0.277 e. The first-order valence-electron chi connectivity index (χ1n) is 9.18. The van der Waals surface area contributed by atoms with Crippen LogP contribution in [0.4, 0.5) is 5.95 Å². The summed E-state index contributed by atoms with van der Waals surface area (Å²) in [5.74, 6) is 1.76. The quantitative estimate of drug-likeness (QED) is 0.681. The Bertz CT molecular complexity index is 1050. The zero-order valence-corrected chi connectivity index (χ0v) is 16.1. The average Bonchev–Trinajstić information content (AvgIpc) is 3.03. The van der Waals surface area contributed by atoms with Crippen molar-refractivity contribution >= 4 is 23.5 Å². The summed E-state index contributed by atoms with van der Waals surface area (Å²) in [6.45, 7) is 4.10. The van der Waals surface area contributed by atoms with Crippen molar-refractivity contribution < 1.29 is 4.79 Å². The fraction of sp³-hybridized carbons (Fsp3) is 0.368. The third-order valence-corrected chi connectivity index (χ3v) is 6.06. The van der Waals surface area contributed by atoms with Gasteiger partial charge in [-0.05, 0) is 42.4 Å². The Kier molecular flexibility index (Phi) is 3.90. The Morgan fingerprint density at radius 3 is 2.79 bits per heavy atom. The molecule has 0 spiro atoms. The number of halogens is 1. The topological polar surface area (TPSA) is 101 Å². The van der Waals surface area contributed by atoms with Crippen LogP contribution in [0.5, 0.6) is 0 Å². The number of rotatable bonds is 4. The van der Waals surface area contributed by atoms with Crippen LogP contribution in [0.15, 0.2) is 30.7 Å². The molecule has 1 saturated carbocycles. The van der Waals surface area contributed by atoms with Crippen LogP contribution in [-0.4, -0.2) is 42.3 Å². The smallest absolute Gasteiger partial charge is 0.233 e. The third kappa shape index (κ3) is 2.67. The van der Waals surface area contributed by atoms with Crippen molar-refractivity contribution in [2.45, 2.75) is 26.3 Å². The summed E-state index contributed by atoms with van der Waals surface area (Å²) in [6.07, 6.45) is 5.69. The van der Waals surface area contributed by atoms with Gasteiger partial charge in [0.25, 0.3) is 0 Å². The van der Waals surface area contributed by atoms with Crippen molar-refractivity contribution in [1.82, 2.24) is 30.4 Å². The Hall–Kier alpha value is -2.87. The minimum atomic E-state index is -0.0825. The number of H-pyrrole nitrogens is 1. The number of hydrogen-bond acceptors (Lipinski definition) is 6. The van der Waals surface area contributed by atoms with E-state index in [0.717, 1.165) is 16.7 Å². The summed E-state index contributed by atoms with van der Waals surface area (Å²) in [5.41, 5.74) is 2.74. The van der Waals surface area contributed by atoms with Crippen LogP contribution in [0, 0.1) is 24.7 Å². The highest BCUT2D eigenvalue weighted by molar-refractivity contribution is 6.29. The summed E-state index contributed by atoms with van der Waals surface area (Å²) < 4.78 is 0. The summed E-state index contributed by atoms with van der Waals surface area (Å²) in [5, 5.41) is 15.5. The SMILES string of the molecule is Cc1cnncc1-c1n[nH]c(N2C(=O)[C@H](Cc3ccc(Cl)nc3)[C@@H]3[C@H](C)[C@@H]32)n1. The molecule has 1 N–H and O–H groups in total. The number of pyridine rings is 1. The molecule has 2 aliphatic rings. The molecule has 3 aromatic rings. The van der Waals surface area contributed by atoms with Crippen LogP contribution < -0.4 is 4.90 Å². The van der Waals surface area contributed by atoms with E-state index in [4.69, 9.17) is 11.6 Å². The lowest BCUT2D eigenvalue weighted by Gasteiger charge is -2.19. The molecule has 3 aromatic heterocycles. The molecule has 2 fully saturated rings. The molecule has 1 aliphatic heterocycles. The predicted octanol–water partition coefficient (Wildman–Crippen LogP) is 2.46. The second-order valence-electron chi connectivity index (χ2n) is 7.50. The van der Waals surface area contributed by atoms with Gasteiger partial charge in [-0.3, -0.25) is 9.69 Å². The number of piperidine rings is 1. The number of anilines is 1. The summed E-state index contributed by atoms with van der Waals surface area (Å²) in [6, 6.07) is 3.85. The lowest BCUT2D eigenvalue weighted by Crippen LogP contribution is -2.35. The second kappa shape index (κ2) is 6.34. The lowest BCUT2D eigenvalue weighted by molar-refractivity contribution is -0.121. The van der Waals surface area contributed by atoms with Crippen LogP contribution in [0.1, 0.15) is 18.1 Å². The molecule has 1 amide bonds. The fourth-order valence-electron chi connectivity index (χ4n) is 4.32. The first kappa shape index (κ1) is 17.2. The number of aromatic nitrogens is 6. The molecule has 1 aliphatic carbocycles. The van der Waals surface area contributed by atoms with Crippen LogP contribution in [0.3, 0.4) is 0 Å². The van der Waals surface area contributed by atoms with Crippen molar-refractivity contribution in [3.8, 4) is 11.4 Å². The van der Waals surface area contributed by atoms with Gasteiger partial charge in [0.1, 0.15) is 5.15 Å². The number of nitrogens with zero attached hydrogens (tertiary/aromatic N) is 6. The molecule has 28 heavy (non-hydrogen) atoms. The number of amides is 1. The van der Waals surface area contributed by atoms with Crippen LogP contribution in [-0.2, 0) is 11.2 Å². The summed E-state index contributed by atoms with van der Waals surface area (Å²) >= 11 is 5.87. The Labute approximate surface area is 166 Å². The second-order valence-corrected chi connectivity index (χ2v) is 7.89. The summed E-state index contributed by atoms with van der Waals surface area (Å²) in [4.78, 5) is 23.6. The number of fused-ring (bicyclic) bond motifs is 1. The van der Waals surface area contributed by atoms with Gasteiger partial charge < -0.3 is 0 Å². The van der Waals surface area contributed by atoms with Crippen molar-refractivity contribution in [2.75, 3.05) is 4.90 Å². The lowest BCUT2D eigenvalue weighted by atomic mass is 9.95. The molecule has 0 aromatic carbocycles. The van der Waals surface area contributed by atoms with Crippen molar-refractivity contribution in [3.05, 3.63) is 47.0 Å². The van der Waals surface area contributed by atoms with E-state index in [0.29, 0.717) is 35.2 Å². The fourth-order valence-corrected chi connectivity index (χ4v) is 4.43. The molecular weight excluding hydrogens is 378 g/mol. The Morgan fingerprint density at radius 2 is 2.04 bits per heavy atom. The monoisotopic (exact) mass is 395 g/mol. The first-order chi connectivity index (χ1) is 13.5. The average molecular weight is 396 g/mol. The van der Waals surface area contributed by atoms with Gasteiger partial charge in [-0.15, -0.1) is 0 Å². The van der Waals surface area contributed by atoms with Crippen molar-refractivity contribution in [2.24, 2.45) is 17.8 Å². The maximum absolute atomic E-state index is 13.1. The van der Waals surface area contributed by atoms with Crippen LogP contribution in [0.2, 0.25) is 5.15 Å². The highest BCUT2D eigenvalue weighted by Crippen LogP contribution is 2.55. The molecule has 4 heterocycles. The minimum absolute atomic E-state index is 0.0790. The number of aromatic amines is 1.